The smallest absolute Gasteiger partial charge is 0.254 e. The summed E-state index contributed by atoms with van der Waals surface area (Å²) in [7, 11) is 0. The van der Waals surface area contributed by atoms with E-state index in [-0.39, 0.29) is 17.4 Å². The predicted molar refractivity (Wildman–Crippen MR) is 117 cm³/mol. The molecule has 1 aliphatic heterocycles. The molecule has 31 heavy (non-hydrogen) atoms. The quantitative estimate of drug-likeness (QED) is 0.681. The highest BCUT2D eigenvalue weighted by Crippen LogP contribution is 2.45. The third-order valence-corrected chi connectivity index (χ3v) is 7.57. The summed E-state index contributed by atoms with van der Waals surface area (Å²) in [6, 6.07) is 9.72. The van der Waals surface area contributed by atoms with E-state index in [0.29, 0.717) is 23.6 Å². The van der Waals surface area contributed by atoms with E-state index in [4.69, 9.17) is 0 Å². The van der Waals surface area contributed by atoms with Gasteiger partial charge in [0.1, 0.15) is 12.3 Å². The van der Waals surface area contributed by atoms with Crippen molar-refractivity contribution in [3.05, 3.63) is 35.4 Å². The SMILES string of the molecule is C[C@@](O)(CF)c1ccc(C(=O)N(C2CC2)C2CCN(CC3(CC#N)CCC3)CC2)cc1. The zero-order valence-corrected chi connectivity index (χ0v) is 18.5. The standard InChI is InChI=1S/C25H34FN3O2/c1-24(31,17-26)20-5-3-19(4-6-20)23(30)29(21-7-8-21)22-9-15-28(16-10-22)18-25(13-14-27)11-2-12-25/h3-6,21-22,31H,2,7-13,15-18H2,1H3/t24-/m1/s1. The summed E-state index contributed by atoms with van der Waals surface area (Å²) in [5, 5.41) is 19.3. The molecule has 5 nitrogen and oxygen atoms in total. The Balaban J connectivity index is 1.39. The van der Waals surface area contributed by atoms with Gasteiger partial charge in [-0.3, -0.25) is 4.79 Å². The molecule has 0 radical (unpaired) electrons. The average molecular weight is 428 g/mol. The molecule has 1 heterocycles. The molecule has 1 atom stereocenters. The first-order valence-corrected chi connectivity index (χ1v) is 11.7. The number of aliphatic hydroxyl groups is 1. The fourth-order valence-electron chi connectivity index (χ4n) is 5.25. The maximum absolute atomic E-state index is 13.3. The highest BCUT2D eigenvalue weighted by Gasteiger charge is 2.42. The molecule has 1 aromatic rings. The Labute approximate surface area is 184 Å². The number of amides is 1. The van der Waals surface area contributed by atoms with E-state index in [0.717, 1.165) is 45.3 Å². The van der Waals surface area contributed by atoms with E-state index in [2.05, 4.69) is 15.9 Å². The second-order valence-electron chi connectivity index (χ2n) is 10.1. The molecule has 2 aliphatic carbocycles. The minimum atomic E-state index is -1.52. The van der Waals surface area contributed by atoms with Crippen molar-refractivity contribution in [3.63, 3.8) is 0 Å². The maximum Gasteiger partial charge on any atom is 0.254 e. The van der Waals surface area contributed by atoms with Crippen molar-refractivity contribution in [1.82, 2.24) is 9.80 Å². The van der Waals surface area contributed by atoms with Crippen molar-refractivity contribution in [2.45, 2.75) is 76.0 Å². The summed E-state index contributed by atoms with van der Waals surface area (Å²) >= 11 is 0. The van der Waals surface area contributed by atoms with Gasteiger partial charge >= 0.3 is 0 Å². The number of hydrogen-bond acceptors (Lipinski definition) is 4. The van der Waals surface area contributed by atoms with Gasteiger partial charge in [0.2, 0.25) is 0 Å². The fraction of sp³-hybridized carbons (Fsp3) is 0.680. The first-order chi connectivity index (χ1) is 14.9. The molecule has 1 amide bonds. The van der Waals surface area contributed by atoms with Crippen LogP contribution in [0.2, 0.25) is 0 Å². The first-order valence-electron chi connectivity index (χ1n) is 11.7. The number of rotatable bonds is 8. The van der Waals surface area contributed by atoms with Gasteiger partial charge in [-0.05, 0) is 68.6 Å². The summed E-state index contributed by atoms with van der Waals surface area (Å²) in [5.74, 6) is 0.0485. The van der Waals surface area contributed by atoms with Gasteiger partial charge in [0.15, 0.2) is 0 Å². The largest absolute Gasteiger partial charge is 0.383 e. The van der Waals surface area contributed by atoms with E-state index < -0.39 is 12.3 Å². The number of nitriles is 1. The third kappa shape index (κ3) is 4.78. The van der Waals surface area contributed by atoms with Crippen LogP contribution in [0.3, 0.4) is 0 Å². The van der Waals surface area contributed by atoms with Crippen LogP contribution >= 0.6 is 0 Å². The number of piperidine rings is 1. The fourth-order valence-corrected chi connectivity index (χ4v) is 5.25. The number of carbonyl (C=O) groups excluding carboxylic acids is 1. The molecule has 1 N–H and O–H groups in total. The Kier molecular flexibility index (Phi) is 6.37. The molecule has 0 spiro atoms. The van der Waals surface area contributed by atoms with Crippen LogP contribution in [-0.4, -0.2) is 59.2 Å². The van der Waals surface area contributed by atoms with Crippen molar-refractivity contribution < 1.29 is 14.3 Å². The van der Waals surface area contributed by atoms with Crippen LogP contribution in [0.5, 0.6) is 0 Å². The first kappa shape index (κ1) is 22.2. The van der Waals surface area contributed by atoms with Crippen LogP contribution in [0, 0.1) is 16.7 Å². The average Bonchev–Trinajstić information content (AvgIpc) is 3.58. The third-order valence-electron chi connectivity index (χ3n) is 7.57. The van der Waals surface area contributed by atoms with Crippen molar-refractivity contribution in [1.29, 1.82) is 5.26 Å². The molecule has 3 fully saturated rings. The van der Waals surface area contributed by atoms with E-state index >= 15 is 0 Å². The van der Waals surface area contributed by atoms with E-state index in [1.54, 1.807) is 24.3 Å². The van der Waals surface area contributed by atoms with Gasteiger partial charge in [-0.25, -0.2) is 4.39 Å². The van der Waals surface area contributed by atoms with E-state index in [9.17, 15) is 19.6 Å². The molecule has 3 aliphatic rings. The van der Waals surface area contributed by atoms with E-state index in [1.807, 2.05) is 0 Å². The molecule has 168 valence electrons. The Morgan fingerprint density at radius 2 is 1.84 bits per heavy atom. The zero-order valence-electron chi connectivity index (χ0n) is 18.5. The zero-order chi connectivity index (χ0) is 22.1. The van der Waals surface area contributed by atoms with Gasteiger partial charge in [0.25, 0.3) is 5.91 Å². The van der Waals surface area contributed by atoms with Crippen molar-refractivity contribution in [2.75, 3.05) is 26.3 Å². The Hall–Kier alpha value is -1.97. The van der Waals surface area contributed by atoms with Gasteiger partial charge in [-0.2, -0.15) is 5.26 Å². The second-order valence-corrected chi connectivity index (χ2v) is 10.1. The normalized spacial score (nSPS) is 23.4. The minimum Gasteiger partial charge on any atom is -0.383 e. The summed E-state index contributed by atoms with van der Waals surface area (Å²) < 4.78 is 13.1. The van der Waals surface area contributed by atoms with E-state index in [1.165, 1.54) is 26.2 Å². The van der Waals surface area contributed by atoms with Crippen LogP contribution < -0.4 is 0 Å². The Morgan fingerprint density at radius 3 is 2.32 bits per heavy atom. The van der Waals surface area contributed by atoms with Crippen LogP contribution in [0.15, 0.2) is 24.3 Å². The topological polar surface area (TPSA) is 67.6 Å². The molecule has 0 aromatic heterocycles. The molecule has 2 saturated carbocycles. The van der Waals surface area contributed by atoms with Crippen LogP contribution in [0.4, 0.5) is 4.39 Å². The van der Waals surface area contributed by atoms with Gasteiger partial charge in [-0.15, -0.1) is 0 Å². The van der Waals surface area contributed by atoms with Crippen LogP contribution in [-0.2, 0) is 5.60 Å². The lowest BCUT2D eigenvalue weighted by molar-refractivity contribution is 0.0296. The highest BCUT2D eigenvalue weighted by molar-refractivity contribution is 5.95. The highest BCUT2D eigenvalue weighted by atomic mass is 19.1. The number of benzene rings is 1. The number of alkyl halides is 1. The Bertz CT molecular complexity index is 816. The van der Waals surface area contributed by atoms with Gasteiger partial charge in [0, 0.05) is 43.7 Å². The summed E-state index contributed by atoms with van der Waals surface area (Å²) in [4.78, 5) is 17.9. The Morgan fingerprint density at radius 1 is 1.23 bits per heavy atom. The van der Waals surface area contributed by atoms with Gasteiger partial charge in [0.05, 0.1) is 6.07 Å². The lowest BCUT2D eigenvalue weighted by atomic mass is 9.66. The summed E-state index contributed by atoms with van der Waals surface area (Å²) in [6.07, 6.45) is 8.29. The number of halogens is 1. The molecule has 0 unspecified atom stereocenters. The molecule has 1 aromatic carbocycles. The van der Waals surface area contributed by atoms with Crippen molar-refractivity contribution in [2.24, 2.45) is 5.41 Å². The summed E-state index contributed by atoms with van der Waals surface area (Å²) in [5.41, 5.74) is -0.223. The maximum atomic E-state index is 13.3. The number of nitrogens with zero attached hydrogens (tertiary/aromatic N) is 3. The number of carbonyl (C=O) groups is 1. The lowest BCUT2D eigenvalue weighted by Gasteiger charge is -2.46. The molecule has 6 heteroatoms. The number of likely N-dealkylation sites (tertiary alicyclic amines) is 1. The number of hydrogen-bond donors (Lipinski definition) is 1. The van der Waals surface area contributed by atoms with Crippen molar-refractivity contribution in [3.8, 4) is 6.07 Å². The summed E-state index contributed by atoms with van der Waals surface area (Å²) in [6.45, 7) is 3.56. The molecule has 0 bridgehead atoms. The predicted octanol–water partition coefficient (Wildman–Crippen LogP) is 4.02. The van der Waals surface area contributed by atoms with Gasteiger partial charge in [-0.1, -0.05) is 18.6 Å². The molecule has 4 rings (SSSR count). The van der Waals surface area contributed by atoms with Crippen LogP contribution in [0.25, 0.3) is 0 Å². The molecular weight excluding hydrogens is 393 g/mol. The molecule has 1 saturated heterocycles. The second kappa shape index (κ2) is 8.88. The molecular formula is C25H34FN3O2. The lowest BCUT2D eigenvalue weighted by Crippen LogP contribution is -2.51. The van der Waals surface area contributed by atoms with Crippen molar-refractivity contribution >= 4 is 5.91 Å². The van der Waals surface area contributed by atoms with Gasteiger partial charge < -0.3 is 14.9 Å². The monoisotopic (exact) mass is 427 g/mol. The minimum absolute atomic E-state index is 0.0485. The van der Waals surface area contributed by atoms with Crippen LogP contribution in [0.1, 0.15) is 74.2 Å².